The number of hydrogen-bond donors (Lipinski definition) is 4. The zero-order valence-corrected chi connectivity index (χ0v) is 19.9. The molecule has 6 nitrogen and oxygen atoms in total. The molecule has 0 saturated carbocycles. The van der Waals surface area contributed by atoms with E-state index in [1.54, 1.807) is 23.9 Å². The van der Waals surface area contributed by atoms with Crippen LogP contribution in [0.4, 0.5) is 5.69 Å². The summed E-state index contributed by atoms with van der Waals surface area (Å²) in [5.74, 6) is 1.75. The van der Waals surface area contributed by atoms with Crippen molar-refractivity contribution in [3.8, 4) is 11.5 Å². The maximum absolute atomic E-state index is 10.1. The molecular weight excluding hydrogens is 434 g/mol. The maximum Gasteiger partial charge on any atom is 0.142 e. The highest BCUT2D eigenvalue weighted by molar-refractivity contribution is 8.02. The Balaban J connectivity index is 0.000000442. The van der Waals surface area contributed by atoms with Crippen LogP contribution in [0.15, 0.2) is 47.4 Å². The monoisotopic (exact) mass is 465 g/mol. The van der Waals surface area contributed by atoms with E-state index in [1.807, 2.05) is 32.2 Å². The number of anilines is 1. The van der Waals surface area contributed by atoms with Crippen LogP contribution in [0.3, 0.4) is 0 Å². The fraction of sp³-hybridized carbons (Fsp3) is 0.391. The predicted molar refractivity (Wildman–Crippen MR) is 133 cm³/mol. The highest BCUT2D eigenvalue weighted by atomic mass is 35.5. The van der Waals surface area contributed by atoms with E-state index < -0.39 is 0 Å². The molecule has 1 aromatic rings. The van der Waals surface area contributed by atoms with E-state index >= 15 is 0 Å². The smallest absolute Gasteiger partial charge is 0.142 e. The number of benzene rings is 1. The third kappa shape index (κ3) is 10.1. The predicted octanol–water partition coefficient (Wildman–Crippen LogP) is 5.65. The lowest BCUT2D eigenvalue weighted by atomic mass is 9.86. The van der Waals surface area contributed by atoms with Crippen molar-refractivity contribution < 1.29 is 14.6 Å². The van der Waals surface area contributed by atoms with Gasteiger partial charge >= 0.3 is 0 Å². The molecule has 5 N–H and O–H groups in total. The fourth-order valence-electron chi connectivity index (χ4n) is 2.44. The van der Waals surface area contributed by atoms with Crippen molar-refractivity contribution in [3.05, 3.63) is 52.9 Å². The van der Waals surface area contributed by atoms with E-state index in [0.717, 1.165) is 24.3 Å². The molecule has 0 fully saturated rings. The number of phenolic OH excluding ortho intramolecular Hbond substituents is 1. The highest BCUT2D eigenvalue weighted by Crippen LogP contribution is 2.38. The van der Waals surface area contributed by atoms with Crippen LogP contribution in [0.5, 0.6) is 11.5 Å². The number of thioether (sulfide) groups is 1. The van der Waals surface area contributed by atoms with Gasteiger partial charge in [0.15, 0.2) is 0 Å². The van der Waals surface area contributed by atoms with Crippen LogP contribution in [0.1, 0.15) is 32.8 Å². The Hall–Kier alpha value is -2.22. The number of phenols is 1. The van der Waals surface area contributed by atoms with Gasteiger partial charge in [0.25, 0.3) is 0 Å². The molecule has 0 bridgehead atoms. The van der Waals surface area contributed by atoms with Gasteiger partial charge in [-0.25, -0.2) is 0 Å². The van der Waals surface area contributed by atoms with E-state index in [1.165, 1.54) is 12.2 Å². The third-order valence-corrected chi connectivity index (χ3v) is 4.94. The number of hydrogen-bond acceptors (Lipinski definition) is 7. The van der Waals surface area contributed by atoms with Crippen LogP contribution in [0.2, 0.25) is 0 Å². The second-order valence-corrected chi connectivity index (χ2v) is 9.21. The fourth-order valence-corrected chi connectivity index (χ4v) is 3.00. The summed E-state index contributed by atoms with van der Waals surface area (Å²) in [6, 6.07) is 3.51. The third-order valence-electron chi connectivity index (χ3n) is 4.07. The number of nitrogen functional groups attached to an aromatic ring is 1. The average Bonchev–Trinajstić information content (AvgIpc) is 2.69. The van der Waals surface area contributed by atoms with Gasteiger partial charge in [-0.3, -0.25) is 10.8 Å². The van der Waals surface area contributed by atoms with Gasteiger partial charge in [-0.1, -0.05) is 39.0 Å². The highest BCUT2D eigenvalue weighted by Gasteiger charge is 2.21. The van der Waals surface area contributed by atoms with Crippen molar-refractivity contribution in [2.24, 2.45) is 0 Å². The number of nitrogens with one attached hydrogen (secondary N) is 2. The second-order valence-electron chi connectivity index (χ2n) is 7.70. The standard InChI is InChI=1S/C17H27NO3S.C6H5ClN2/c1-5-22-10-9-20-7-6-8-21-13-11-14(17(2,3)4)16(19)15(18)12-13;7-4-1-2-5(8)6(9)3-4/h5,11-12,19H,1,6-10,18H2,2-4H3;1-3,8-9H. The van der Waals surface area contributed by atoms with Gasteiger partial charge in [0.05, 0.1) is 30.3 Å². The summed E-state index contributed by atoms with van der Waals surface area (Å²) in [7, 11) is 0. The second kappa shape index (κ2) is 13.2. The first-order valence-electron chi connectivity index (χ1n) is 9.85. The van der Waals surface area contributed by atoms with Crippen LogP contribution in [0.25, 0.3) is 0 Å². The lowest BCUT2D eigenvalue weighted by Crippen LogP contribution is -2.13. The lowest BCUT2D eigenvalue weighted by Gasteiger charge is -2.22. The molecule has 170 valence electrons. The number of aromatic hydroxyl groups is 1. The largest absolute Gasteiger partial charge is 0.505 e. The molecule has 0 aliphatic heterocycles. The summed E-state index contributed by atoms with van der Waals surface area (Å²) < 4.78 is 11.2. The van der Waals surface area contributed by atoms with Crippen LogP contribution in [-0.2, 0) is 10.2 Å². The van der Waals surface area contributed by atoms with Crippen LogP contribution < -0.4 is 10.5 Å². The molecule has 0 heterocycles. The lowest BCUT2D eigenvalue weighted by molar-refractivity contribution is 0.133. The summed E-state index contributed by atoms with van der Waals surface area (Å²) in [4.78, 5) is 0. The molecule has 0 radical (unpaired) electrons. The van der Waals surface area contributed by atoms with E-state index in [-0.39, 0.29) is 22.6 Å². The van der Waals surface area contributed by atoms with Crippen LogP contribution in [0, 0.1) is 10.8 Å². The van der Waals surface area contributed by atoms with Gasteiger partial charge in [0.2, 0.25) is 0 Å². The van der Waals surface area contributed by atoms with Gasteiger partial charge in [-0.05, 0) is 35.1 Å². The zero-order chi connectivity index (χ0) is 23.4. The first-order chi connectivity index (χ1) is 14.6. The van der Waals surface area contributed by atoms with E-state index in [2.05, 4.69) is 6.58 Å². The zero-order valence-electron chi connectivity index (χ0n) is 18.3. The van der Waals surface area contributed by atoms with E-state index in [4.69, 9.17) is 37.6 Å². The molecule has 0 saturated heterocycles. The number of nitrogens with two attached hydrogens (primary N) is 1. The molecule has 8 heteroatoms. The van der Waals surface area contributed by atoms with Crippen molar-refractivity contribution in [2.45, 2.75) is 32.6 Å². The SMILES string of the molecule is C=CSCCOCCCOc1cc(N)c(O)c(C(C)(C)C)c1.N=C1C=CC(Cl)=CC1=N. The Labute approximate surface area is 194 Å². The Morgan fingerprint density at radius 3 is 2.45 bits per heavy atom. The van der Waals surface area contributed by atoms with Gasteiger partial charge in [0, 0.05) is 35.4 Å². The molecular formula is C23H32ClN3O3S. The van der Waals surface area contributed by atoms with E-state index in [0.29, 0.717) is 29.7 Å². The average molecular weight is 466 g/mol. The van der Waals surface area contributed by atoms with Crippen molar-refractivity contribution in [1.82, 2.24) is 0 Å². The maximum atomic E-state index is 10.1. The summed E-state index contributed by atoms with van der Waals surface area (Å²) in [5, 5.41) is 26.5. The minimum atomic E-state index is -0.191. The van der Waals surface area contributed by atoms with Crippen LogP contribution in [-0.4, -0.2) is 42.1 Å². The molecule has 0 amide bonds. The number of rotatable bonds is 9. The Morgan fingerprint density at radius 1 is 1.16 bits per heavy atom. The molecule has 31 heavy (non-hydrogen) atoms. The first kappa shape index (κ1) is 26.8. The summed E-state index contributed by atoms with van der Waals surface area (Å²) >= 11 is 7.16. The Kier molecular flexibility index (Phi) is 11.5. The molecule has 0 spiro atoms. The number of allylic oxidation sites excluding steroid dienone is 4. The topological polar surface area (TPSA) is 112 Å². The summed E-state index contributed by atoms with van der Waals surface area (Å²) in [6.07, 6.45) is 5.36. The first-order valence-corrected chi connectivity index (χ1v) is 11.3. The summed E-state index contributed by atoms with van der Waals surface area (Å²) in [6.45, 7) is 11.7. The molecule has 1 aliphatic rings. The number of ether oxygens (including phenoxy) is 2. The molecule has 0 atom stereocenters. The molecule has 2 rings (SSSR count). The normalized spacial score (nSPS) is 13.4. The minimum absolute atomic E-state index is 0.142. The minimum Gasteiger partial charge on any atom is -0.505 e. The quantitative estimate of drug-likeness (QED) is 0.163. The van der Waals surface area contributed by atoms with Crippen molar-refractivity contribution in [3.63, 3.8) is 0 Å². The van der Waals surface area contributed by atoms with Gasteiger partial charge in [0.1, 0.15) is 11.5 Å². The Morgan fingerprint density at radius 2 is 1.87 bits per heavy atom. The Bertz CT molecular complexity index is 845. The van der Waals surface area contributed by atoms with Crippen molar-refractivity contribution >= 4 is 40.5 Å². The van der Waals surface area contributed by atoms with Crippen molar-refractivity contribution in [2.75, 3.05) is 31.3 Å². The van der Waals surface area contributed by atoms with Gasteiger partial charge < -0.3 is 20.3 Å². The number of halogens is 1. The van der Waals surface area contributed by atoms with Gasteiger partial charge in [-0.15, -0.1) is 11.8 Å². The molecule has 0 aromatic heterocycles. The van der Waals surface area contributed by atoms with E-state index in [9.17, 15) is 5.11 Å². The van der Waals surface area contributed by atoms with Crippen molar-refractivity contribution in [1.29, 1.82) is 10.8 Å². The van der Waals surface area contributed by atoms with Crippen LogP contribution >= 0.6 is 23.4 Å². The van der Waals surface area contributed by atoms with Gasteiger partial charge in [-0.2, -0.15) is 0 Å². The molecule has 1 aromatic carbocycles. The molecule has 1 aliphatic carbocycles. The summed E-state index contributed by atoms with van der Waals surface area (Å²) in [5.41, 5.74) is 7.18. The molecule has 0 unspecified atom stereocenters.